The Hall–Kier alpha value is -2.96. The van der Waals surface area contributed by atoms with Crippen molar-refractivity contribution < 1.29 is 13.9 Å². The maximum atomic E-state index is 15.7. The fourth-order valence-electron chi connectivity index (χ4n) is 6.62. The first-order valence-electron chi connectivity index (χ1n) is 14.7. The van der Waals surface area contributed by atoms with E-state index in [-0.39, 0.29) is 29.0 Å². The number of nitrogens with zero attached hydrogens (tertiary/aromatic N) is 2. The molecule has 2 aromatic rings. The topological polar surface area (TPSA) is 44.8 Å². The first-order valence-corrected chi connectivity index (χ1v) is 14.7. The summed E-state index contributed by atoms with van der Waals surface area (Å²) in [6.07, 6.45) is 2.86. The van der Waals surface area contributed by atoms with E-state index in [0.29, 0.717) is 19.5 Å². The molecule has 0 radical (unpaired) electrons. The van der Waals surface area contributed by atoms with E-state index in [2.05, 4.69) is 68.1 Å². The second-order valence-electron chi connectivity index (χ2n) is 12.3. The normalized spacial score (nSPS) is 21.9. The van der Waals surface area contributed by atoms with Crippen LogP contribution in [0.4, 0.5) is 4.39 Å². The molecule has 40 heavy (non-hydrogen) atoms. The summed E-state index contributed by atoms with van der Waals surface area (Å²) in [5.74, 6) is -0.116. The fraction of sp³-hybridized carbons (Fsp3) is 0.500. The predicted octanol–water partition coefficient (Wildman–Crippen LogP) is 6.61. The number of ether oxygens (including phenoxy) is 1. The molecule has 6 heteroatoms. The molecule has 1 amide bonds. The van der Waals surface area contributed by atoms with Gasteiger partial charge in [0.1, 0.15) is 11.9 Å². The fourth-order valence-corrected chi connectivity index (χ4v) is 6.62. The molecule has 216 valence electrons. The molecular formula is C34H46FN3O2. The highest BCUT2D eigenvalue weighted by Gasteiger charge is 2.38. The van der Waals surface area contributed by atoms with E-state index in [0.717, 1.165) is 60.4 Å². The Morgan fingerprint density at radius 2 is 1.57 bits per heavy atom. The second-order valence-corrected chi connectivity index (χ2v) is 12.3. The maximum Gasteiger partial charge on any atom is 0.246 e. The first-order chi connectivity index (χ1) is 18.9. The van der Waals surface area contributed by atoms with Crippen LogP contribution in [0.2, 0.25) is 0 Å². The lowest BCUT2D eigenvalue weighted by molar-refractivity contribution is -0.182. The molecule has 2 aromatic carbocycles. The van der Waals surface area contributed by atoms with Crippen molar-refractivity contribution in [3.05, 3.63) is 88.9 Å². The van der Waals surface area contributed by atoms with Crippen molar-refractivity contribution >= 4 is 11.6 Å². The van der Waals surface area contributed by atoms with E-state index in [1.54, 1.807) is 0 Å². The van der Waals surface area contributed by atoms with E-state index in [4.69, 9.17) is 4.74 Å². The largest absolute Gasteiger partial charge is 0.367 e. The molecule has 3 aliphatic heterocycles. The predicted molar refractivity (Wildman–Crippen MR) is 161 cm³/mol. The molecule has 1 atom stereocenters. The zero-order valence-electron chi connectivity index (χ0n) is 25.2. The monoisotopic (exact) mass is 547 g/mol. The number of amides is 1. The minimum atomic E-state index is -0.270. The highest BCUT2D eigenvalue weighted by Crippen LogP contribution is 2.37. The molecular weight excluding hydrogens is 501 g/mol. The Morgan fingerprint density at radius 1 is 0.975 bits per heavy atom. The number of halogens is 1. The van der Waals surface area contributed by atoms with Gasteiger partial charge in [0.15, 0.2) is 0 Å². The van der Waals surface area contributed by atoms with Crippen LogP contribution >= 0.6 is 0 Å². The quantitative estimate of drug-likeness (QED) is 0.442. The molecule has 0 aromatic heterocycles. The lowest BCUT2D eigenvalue weighted by Crippen LogP contribution is -2.56. The van der Waals surface area contributed by atoms with Gasteiger partial charge < -0.3 is 15.0 Å². The average molecular weight is 548 g/mol. The second kappa shape index (κ2) is 11.9. The van der Waals surface area contributed by atoms with Crippen molar-refractivity contribution in [2.75, 3.05) is 13.1 Å². The Bertz CT molecular complexity index is 1270. The molecule has 3 aliphatic rings. The number of aryl methyl sites for hydroxylation is 2. The van der Waals surface area contributed by atoms with Crippen LogP contribution in [0.5, 0.6) is 0 Å². The van der Waals surface area contributed by atoms with Crippen LogP contribution < -0.4 is 5.32 Å². The van der Waals surface area contributed by atoms with Crippen molar-refractivity contribution in [1.29, 1.82) is 0 Å². The number of morpholine rings is 1. The molecule has 5 nitrogen and oxygen atoms in total. The van der Waals surface area contributed by atoms with Gasteiger partial charge >= 0.3 is 0 Å². The lowest BCUT2D eigenvalue weighted by Gasteiger charge is -2.47. The van der Waals surface area contributed by atoms with Crippen LogP contribution in [0, 0.1) is 5.82 Å². The molecule has 3 heterocycles. The third-order valence-corrected chi connectivity index (χ3v) is 7.94. The smallest absolute Gasteiger partial charge is 0.246 e. The Kier molecular flexibility index (Phi) is 8.91. The van der Waals surface area contributed by atoms with Gasteiger partial charge in [0.2, 0.25) is 5.91 Å². The number of benzene rings is 2. The first kappa shape index (κ1) is 30.0. The molecule has 2 saturated heterocycles. The summed E-state index contributed by atoms with van der Waals surface area (Å²) in [6.45, 7) is 23.4. The van der Waals surface area contributed by atoms with Crippen molar-refractivity contribution in [3.8, 4) is 0 Å². The molecule has 0 saturated carbocycles. The van der Waals surface area contributed by atoms with Crippen LogP contribution in [-0.2, 0) is 35.5 Å². The molecule has 1 unspecified atom stereocenters. The molecule has 5 rings (SSSR count). The van der Waals surface area contributed by atoms with Gasteiger partial charge in [0.25, 0.3) is 0 Å². The SMILES string of the molecule is C=C1CCC(N2Cc3c(CCc4cccc(CN5CC(C)(C)OC(C)(C)C5)c4F)cccc3C2=C)C(=O)N1.CC. The molecule has 0 bridgehead atoms. The van der Waals surface area contributed by atoms with Gasteiger partial charge in [-0.15, -0.1) is 0 Å². The van der Waals surface area contributed by atoms with Crippen LogP contribution in [0.25, 0.3) is 5.70 Å². The van der Waals surface area contributed by atoms with Gasteiger partial charge in [0, 0.05) is 48.7 Å². The molecule has 0 aliphatic carbocycles. The highest BCUT2D eigenvalue weighted by molar-refractivity contribution is 5.87. The van der Waals surface area contributed by atoms with E-state index in [9.17, 15) is 4.79 Å². The van der Waals surface area contributed by atoms with E-state index in [1.807, 2.05) is 38.1 Å². The third kappa shape index (κ3) is 6.50. The summed E-state index contributed by atoms with van der Waals surface area (Å²) in [5, 5.41) is 2.90. The summed E-state index contributed by atoms with van der Waals surface area (Å²) in [4.78, 5) is 17.1. The van der Waals surface area contributed by atoms with Gasteiger partial charge in [-0.3, -0.25) is 9.69 Å². The van der Waals surface area contributed by atoms with Crippen molar-refractivity contribution in [1.82, 2.24) is 15.1 Å². The lowest BCUT2D eigenvalue weighted by atomic mass is 9.95. The Morgan fingerprint density at radius 3 is 2.25 bits per heavy atom. The number of rotatable bonds is 6. The summed E-state index contributed by atoms with van der Waals surface area (Å²) < 4.78 is 21.9. The number of fused-ring (bicyclic) bond motifs is 1. The average Bonchev–Trinajstić information content (AvgIpc) is 3.20. The summed E-state index contributed by atoms with van der Waals surface area (Å²) >= 11 is 0. The van der Waals surface area contributed by atoms with Crippen molar-refractivity contribution in [2.45, 2.75) is 97.6 Å². The summed E-state index contributed by atoms with van der Waals surface area (Å²) in [5.41, 5.74) is 6.08. The Labute approximate surface area is 240 Å². The minimum Gasteiger partial charge on any atom is -0.367 e. The highest BCUT2D eigenvalue weighted by atomic mass is 19.1. The van der Waals surface area contributed by atoms with Crippen LogP contribution in [0.1, 0.15) is 82.2 Å². The van der Waals surface area contributed by atoms with Crippen LogP contribution in [0.15, 0.2) is 55.3 Å². The number of hydrogen-bond acceptors (Lipinski definition) is 4. The number of piperidine rings is 1. The van der Waals surface area contributed by atoms with Crippen LogP contribution in [0.3, 0.4) is 0 Å². The number of allylic oxidation sites excluding steroid dienone is 1. The van der Waals surface area contributed by atoms with E-state index >= 15 is 4.39 Å². The van der Waals surface area contributed by atoms with Gasteiger partial charge in [-0.05, 0) is 70.1 Å². The van der Waals surface area contributed by atoms with Crippen molar-refractivity contribution in [3.63, 3.8) is 0 Å². The van der Waals surface area contributed by atoms with Gasteiger partial charge in [0.05, 0.1) is 11.2 Å². The third-order valence-electron chi connectivity index (χ3n) is 7.94. The van der Waals surface area contributed by atoms with E-state index in [1.165, 1.54) is 11.1 Å². The number of carbonyl (C=O) groups is 1. The summed E-state index contributed by atoms with van der Waals surface area (Å²) in [7, 11) is 0. The van der Waals surface area contributed by atoms with E-state index < -0.39 is 0 Å². The van der Waals surface area contributed by atoms with Gasteiger partial charge in [-0.2, -0.15) is 0 Å². The van der Waals surface area contributed by atoms with Crippen molar-refractivity contribution in [2.24, 2.45) is 0 Å². The van der Waals surface area contributed by atoms with Gasteiger partial charge in [-0.25, -0.2) is 4.39 Å². The maximum absolute atomic E-state index is 15.7. The standard InChI is InChI=1S/C32H40FN3O2.C2H6/c1-21-13-16-28(30(37)34-21)36-18-27-23(9-8-12-26(27)22(36)2)14-15-24-10-7-11-25(29(24)33)17-35-19-31(3,4)38-32(5,6)20-35;1-2/h7-12,28H,1-2,13-20H2,3-6H3,(H,34,37);1-2H3. The molecule has 0 spiro atoms. The number of nitrogens with one attached hydrogen (secondary N) is 1. The zero-order chi connectivity index (χ0) is 29.2. The van der Waals surface area contributed by atoms with Gasteiger partial charge in [-0.1, -0.05) is 63.4 Å². The number of carbonyl (C=O) groups excluding carboxylic acids is 1. The number of hydrogen-bond donors (Lipinski definition) is 1. The molecule has 2 fully saturated rings. The minimum absolute atomic E-state index is 0.0114. The Balaban J connectivity index is 0.00000181. The van der Waals surface area contributed by atoms with Crippen LogP contribution in [-0.4, -0.2) is 46.0 Å². The zero-order valence-corrected chi connectivity index (χ0v) is 25.2. The summed E-state index contributed by atoms with van der Waals surface area (Å²) in [6, 6.07) is 11.8. The molecule has 1 N–H and O–H groups in total.